The summed E-state index contributed by atoms with van der Waals surface area (Å²) in [5.41, 5.74) is 0. The van der Waals surface area contributed by atoms with Gasteiger partial charge in [-0.05, 0) is 49.0 Å². The molecule has 0 atom stereocenters. The number of allylic oxidation sites excluding steroid dienone is 1. The molecule has 0 aromatic carbocycles. The molecule has 0 fully saturated rings. The monoisotopic (exact) mass is 342 g/mol. The molecule has 19 heavy (non-hydrogen) atoms. The first-order valence-electron chi connectivity index (χ1n) is 5.71. The van der Waals surface area contributed by atoms with Crippen molar-refractivity contribution in [2.75, 3.05) is 36.5 Å². The molecule has 2 nitrogen and oxygen atoms in total. The van der Waals surface area contributed by atoms with Crippen LogP contribution in [0, 0.1) is 0 Å². The molecule has 0 N–H and O–H groups in total. The van der Waals surface area contributed by atoms with Crippen LogP contribution in [0.25, 0.3) is 0 Å². The van der Waals surface area contributed by atoms with E-state index in [1.54, 1.807) is 11.8 Å². The van der Waals surface area contributed by atoms with Gasteiger partial charge in [0.2, 0.25) is 0 Å². The second-order valence-corrected chi connectivity index (χ2v) is 7.35. The summed E-state index contributed by atoms with van der Waals surface area (Å²) in [5, 5.41) is 0. The van der Waals surface area contributed by atoms with Crippen LogP contribution in [0.1, 0.15) is 12.8 Å². The first-order valence-corrected chi connectivity index (χ1v) is 11.1. The van der Waals surface area contributed by atoms with Crippen LogP contribution in [0.4, 0.5) is 0 Å². The van der Waals surface area contributed by atoms with Crippen LogP contribution in [0.2, 0.25) is 0 Å². The van der Waals surface area contributed by atoms with Crippen LogP contribution < -0.4 is 0 Å². The molecule has 0 aliphatic carbocycles. The Hall–Kier alpha value is 0.480. The molecular formula is C13H26O2S4. The van der Waals surface area contributed by atoms with E-state index in [0.717, 1.165) is 16.6 Å². The van der Waals surface area contributed by atoms with Crippen molar-refractivity contribution in [1.29, 1.82) is 0 Å². The van der Waals surface area contributed by atoms with E-state index < -0.39 is 0 Å². The molecule has 0 unspecified atom stereocenters. The smallest absolute Gasteiger partial charge is 0.142 e. The first-order chi connectivity index (χ1) is 9.17. The van der Waals surface area contributed by atoms with Crippen molar-refractivity contribution in [1.82, 2.24) is 0 Å². The van der Waals surface area contributed by atoms with Crippen LogP contribution in [0.5, 0.6) is 0 Å². The predicted molar refractivity (Wildman–Crippen MR) is 99.1 cm³/mol. The highest BCUT2D eigenvalue weighted by molar-refractivity contribution is 8.16. The summed E-state index contributed by atoms with van der Waals surface area (Å²) in [5.74, 6) is 2.26. The Bertz CT molecular complexity index is 179. The average Bonchev–Trinajstić information content (AvgIpc) is 2.47. The van der Waals surface area contributed by atoms with Gasteiger partial charge in [-0.3, -0.25) is 4.79 Å². The number of thioether (sulfide) groups is 4. The maximum Gasteiger partial charge on any atom is 0.142 e. The largest absolute Gasteiger partial charge is 0.303 e. The fourth-order valence-corrected chi connectivity index (χ4v) is 3.29. The fraction of sp³-hybridized carbons (Fsp3) is 0.692. The highest BCUT2D eigenvalue weighted by Gasteiger charge is 2.01. The van der Waals surface area contributed by atoms with E-state index in [9.17, 15) is 4.79 Å². The van der Waals surface area contributed by atoms with Crippen molar-refractivity contribution >= 4 is 59.6 Å². The summed E-state index contributed by atoms with van der Waals surface area (Å²) in [6.45, 7) is 3.11. The molecule has 0 rings (SSSR count). The molecule has 0 radical (unpaired) electrons. The molecule has 0 heterocycles. The lowest BCUT2D eigenvalue weighted by atomic mass is 10.6. The molecule has 0 aliphatic rings. The summed E-state index contributed by atoms with van der Waals surface area (Å²) in [4.78, 5) is 18.6. The number of aldehydes is 2. The van der Waals surface area contributed by atoms with Gasteiger partial charge in [-0.25, -0.2) is 0 Å². The second kappa shape index (κ2) is 26.9. The normalized spacial score (nSPS) is 8.68. The van der Waals surface area contributed by atoms with Crippen molar-refractivity contribution in [3.8, 4) is 0 Å². The van der Waals surface area contributed by atoms with Crippen molar-refractivity contribution in [2.45, 2.75) is 17.4 Å². The van der Waals surface area contributed by atoms with E-state index in [-0.39, 0.29) is 0 Å². The lowest BCUT2D eigenvalue weighted by Gasteiger charge is -2.08. The van der Waals surface area contributed by atoms with E-state index in [0.29, 0.717) is 12.7 Å². The number of hydrogen-bond acceptors (Lipinski definition) is 6. The number of carbonyl (C=O) groups excluding carboxylic acids is 2. The summed E-state index contributed by atoms with van der Waals surface area (Å²) in [7, 11) is 0. The van der Waals surface area contributed by atoms with Gasteiger partial charge in [-0.2, -0.15) is 47.0 Å². The van der Waals surface area contributed by atoms with Crippen molar-refractivity contribution in [3.63, 3.8) is 0 Å². The number of hydrogen-bond donors (Lipinski definition) is 0. The van der Waals surface area contributed by atoms with Gasteiger partial charge in [0.1, 0.15) is 12.6 Å². The van der Waals surface area contributed by atoms with Gasteiger partial charge in [-0.15, -0.1) is 0 Å². The minimum atomic E-state index is 0.639. The number of carbonyl (C=O) groups is 2. The predicted octanol–water partition coefficient (Wildman–Crippen LogP) is 4.10. The minimum Gasteiger partial charge on any atom is -0.303 e. The van der Waals surface area contributed by atoms with Crippen LogP contribution in [-0.2, 0) is 9.59 Å². The molecule has 0 aromatic rings. The van der Waals surface area contributed by atoms with E-state index in [1.807, 2.05) is 41.5 Å². The number of rotatable bonds is 9. The molecule has 0 saturated heterocycles. The Morgan fingerprint density at radius 3 is 1.68 bits per heavy atom. The van der Waals surface area contributed by atoms with Gasteiger partial charge in [0.15, 0.2) is 0 Å². The van der Waals surface area contributed by atoms with Crippen molar-refractivity contribution in [2.24, 2.45) is 0 Å². The lowest BCUT2D eigenvalue weighted by molar-refractivity contribution is -0.107. The Morgan fingerprint density at radius 1 is 1.00 bits per heavy atom. The van der Waals surface area contributed by atoms with Gasteiger partial charge in [0.25, 0.3) is 0 Å². The Labute approximate surface area is 135 Å². The molecule has 6 heteroatoms. The molecule has 114 valence electrons. The zero-order valence-electron chi connectivity index (χ0n) is 12.3. The third-order valence-electron chi connectivity index (χ3n) is 1.62. The molecular weight excluding hydrogens is 316 g/mol. The van der Waals surface area contributed by atoms with Crippen molar-refractivity contribution in [3.05, 3.63) is 12.7 Å². The molecule has 0 bridgehead atoms. The standard InChI is InChI=1S/C6H14S3.C4H8OS.C3H4O/c1-7-5-4-6(8-2)9-3;1-6-4-2-3-5;1-2-3-4/h6H,4-5H2,1-3H3;3H,2,4H2,1H3;2-3H,1H2. The zero-order chi connectivity index (χ0) is 15.4. The highest BCUT2D eigenvalue weighted by Crippen LogP contribution is 2.22. The maximum atomic E-state index is 9.55. The molecule has 0 saturated carbocycles. The average molecular weight is 343 g/mol. The van der Waals surface area contributed by atoms with Gasteiger partial charge >= 0.3 is 0 Å². The van der Waals surface area contributed by atoms with Crippen LogP contribution in [0.3, 0.4) is 0 Å². The van der Waals surface area contributed by atoms with Gasteiger partial charge in [0.05, 0.1) is 4.58 Å². The van der Waals surface area contributed by atoms with E-state index in [2.05, 4.69) is 25.3 Å². The SMILES string of the molecule is C=CC=O.CSCCC(SC)SC.CSCCC=O. The molecule has 0 amide bonds. The quantitative estimate of drug-likeness (QED) is 0.272. The van der Waals surface area contributed by atoms with Crippen LogP contribution >= 0.6 is 47.0 Å². The minimum absolute atomic E-state index is 0.639. The summed E-state index contributed by atoms with van der Waals surface area (Å²) >= 11 is 7.55. The topological polar surface area (TPSA) is 34.1 Å². The third-order valence-corrected chi connectivity index (χ3v) is 5.59. The van der Waals surface area contributed by atoms with Gasteiger partial charge in [-0.1, -0.05) is 6.58 Å². The summed E-state index contributed by atoms with van der Waals surface area (Å²) in [6, 6.07) is 0. The maximum absolute atomic E-state index is 9.55. The Balaban J connectivity index is -0.000000222. The zero-order valence-corrected chi connectivity index (χ0v) is 15.6. The Kier molecular flexibility index (Phi) is 34.7. The third kappa shape index (κ3) is 32.2. The fourth-order valence-electron chi connectivity index (χ4n) is 0.712. The van der Waals surface area contributed by atoms with Gasteiger partial charge in [0, 0.05) is 6.42 Å². The van der Waals surface area contributed by atoms with E-state index in [1.165, 1.54) is 18.2 Å². The summed E-state index contributed by atoms with van der Waals surface area (Å²) in [6.07, 6.45) is 13.3. The second-order valence-electron chi connectivity index (χ2n) is 3.00. The molecule has 0 aliphatic heterocycles. The van der Waals surface area contributed by atoms with Crippen molar-refractivity contribution < 1.29 is 9.59 Å². The van der Waals surface area contributed by atoms with E-state index >= 15 is 0 Å². The van der Waals surface area contributed by atoms with Crippen LogP contribution in [0.15, 0.2) is 12.7 Å². The summed E-state index contributed by atoms with van der Waals surface area (Å²) < 4.78 is 0.817. The molecule has 0 spiro atoms. The van der Waals surface area contributed by atoms with Crippen LogP contribution in [-0.4, -0.2) is 53.7 Å². The Morgan fingerprint density at radius 2 is 1.47 bits per heavy atom. The molecule has 0 aromatic heterocycles. The first kappa shape index (κ1) is 24.5. The highest BCUT2D eigenvalue weighted by atomic mass is 32.2. The lowest BCUT2D eigenvalue weighted by Crippen LogP contribution is -1.95. The van der Waals surface area contributed by atoms with Gasteiger partial charge < -0.3 is 4.79 Å². The van der Waals surface area contributed by atoms with E-state index in [4.69, 9.17) is 4.79 Å².